The van der Waals surface area contributed by atoms with Crippen LogP contribution < -0.4 is 0 Å². The van der Waals surface area contributed by atoms with Crippen LogP contribution in [0.15, 0.2) is 35.4 Å². The van der Waals surface area contributed by atoms with Gasteiger partial charge in [-0.2, -0.15) is 0 Å². The van der Waals surface area contributed by atoms with E-state index in [-0.39, 0.29) is 0 Å². The van der Waals surface area contributed by atoms with Crippen molar-refractivity contribution in [3.8, 4) is 0 Å². The van der Waals surface area contributed by atoms with Gasteiger partial charge in [-0.1, -0.05) is 12.1 Å². The van der Waals surface area contributed by atoms with Crippen molar-refractivity contribution in [3.05, 3.63) is 53.1 Å². The zero-order valence-corrected chi connectivity index (χ0v) is 15.0. The van der Waals surface area contributed by atoms with Crippen LogP contribution in [0.5, 0.6) is 0 Å². The van der Waals surface area contributed by atoms with Gasteiger partial charge in [0.1, 0.15) is 5.82 Å². The molecule has 2 heterocycles. The lowest BCUT2D eigenvalue weighted by Crippen LogP contribution is -2.31. The van der Waals surface area contributed by atoms with Crippen LogP contribution in [-0.2, 0) is 29.5 Å². The van der Waals surface area contributed by atoms with Crippen LogP contribution in [0.25, 0.3) is 0 Å². The maximum atomic E-state index is 12.3. The molecule has 24 heavy (non-hydrogen) atoms. The number of nitrogens with zero attached hydrogens (tertiary/aromatic N) is 4. The van der Waals surface area contributed by atoms with Gasteiger partial charge in [0.2, 0.25) is 10.0 Å². The number of sulfonamides is 1. The van der Waals surface area contributed by atoms with Gasteiger partial charge >= 0.3 is 0 Å². The first-order chi connectivity index (χ1) is 11.4. The van der Waals surface area contributed by atoms with E-state index in [9.17, 15) is 8.42 Å². The smallest absolute Gasteiger partial charge is 0.242 e. The molecule has 2 aromatic rings. The van der Waals surface area contributed by atoms with E-state index in [1.54, 1.807) is 32.3 Å². The van der Waals surface area contributed by atoms with E-state index in [0.717, 1.165) is 42.2 Å². The van der Waals surface area contributed by atoms with Crippen molar-refractivity contribution in [2.24, 2.45) is 0 Å². The molecule has 1 aromatic carbocycles. The number of hydrogen-bond donors (Lipinski definition) is 0. The zero-order valence-electron chi connectivity index (χ0n) is 14.2. The van der Waals surface area contributed by atoms with E-state index in [0.29, 0.717) is 11.4 Å². The monoisotopic (exact) mass is 346 g/mol. The molecule has 1 aliphatic rings. The number of aryl methyl sites for hydroxylation is 1. The molecule has 0 N–H and O–H groups in total. The molecule has 0 saturated carbocycles. The van der Waals surface area contributed by atoms with Crippen LogP contribution in [0, 0.1) is 6.92 Å². The fourth-order valence-corrected chi connectivity index (χ4v) is 3.86. The second-order valence-electron chi connectivity index (χ2n) is 6.28. The Balaban J connectivity index is 1.77. The fraction of sp³-hybridized carbons (Fsp3) is 0.412. The summed E-state index contributed by atoms with van der Waals surface area (Å²) in [5.74, 6) is 0.809. The molecule has 3 rings (SSSR count). The minimum absolute atomic E-state index is 0.335. The zero-order chi connectivity index (χ0) is 17.3. The van der Waals surface area contributed by atoms with E-state index < -0.39 is 10.0 Å². The minimum atomic E-state index is -3.40. The van der Waals surface area contributed by atoms with Gasteiger partial charge in [0.25, 0.3) is 0 Å². The van der Waals surface area contributed by atoms with E-state index in [1.165, 1.54) is 4.31 Å². The van der Waals surface area contributed by atoms with Crippen molar-refractivity contribution in [1.82, 2.24) is 19.2 Å². The highest BCUT2D eigenvalue weighted by molar-refractivity contribution is 7.89. The van der Waals surface area contributed by atoms with Gasteiger partial charge in [-0.3, -0.25) is 4.90 Å². The lowest BCUT2D eigenvalue weighted by molar-refractivity contribution is 0.242. The number of fused-ring (bicyclic) bond motifs is 1. The quantitative estimate of drug-likeness (QED) is 0.841. The third-order valence-corrected chi connectivity index (χ3v) is 6.03. The second-order valence-corrected chi connectivity index (χ2v) is 8.44. The molecule has 0 atom stereocenters. The van der Waals surface area contributed by atoms with Crippen LogP contribution in [-0.4, -0.2) is 48.2 Å². The van der Waals surface area contributed by atoms with E-state index in [4.69, 9.17) is 0 Å². The molecule has 128 valence electrons. The summed E-state index contributed by atoms with van der Waals surface area (Å²) in [7, 11) is -0.304. The van der Waals surface area contributed by atoms with E-state index in [1.807, 2.05) is 19.2 Å². The first-order valence-electron chi connectivity index (χ1n) is 7.91. The van der Waals surface area contributed by atoms with Gasteiger partial charge in [-0.15, -0.1) is 0 Å². The highest BCUT2D eigenvalue weighted by Gasteiger charge is 2.20. The van der Waals surface area contributed by atoms with Crippen LogP contribution in [0.3, 0.4) is 0 Å². The Morgan fingerprint density at radius 2 is 2.08 bits per heavy atom. The highest BCUT2D eigenvalue weighted by Crippen LogP contribution is 2.20. The summed E-state index contributed by atoms with van der Waals surface area (Å²) in [6.07, 6.45) is 2.80. The van der Waals surface area contributed by atoms with Crippen LogP contribution >= 0.6 is 0 Å². The molecule has 0 spiro atoms. The van der Waals surface area contributed by atoms with Crippen molar-refractivity contribution >= 4 is 10.0 Å². The fourth-order valence-electron chi connectivity index (χ4n) is 2.88. The predicted molar refractivity (Wildman–Crippen MR) is 91.9 cm³/mol. The first kappa shape index (κ1) is 17.0. The average Bonchev–Trinajstić information content (AvgIpc) is 2.55. The Hall–Kier alpha value is -1.83. The summed E-state index contributed by atoms with van der Waals surface area (Å²) in [4.78, 5) is 11.4. The summed E-state index contributed by atoms with van der Waals surface area (Å²) in [6.45, 7) is 4.32. The molecule has 0 amide bonds. The maximum Gasteiger partial charge on any atom is 0.242 e. The van der Waals surface area contributed by atoms with Crippen molar-refractivity contribution in [1.29, 1.82) is 0 Å². The predicted octanol–water partition coefficient (Wildman–Crippen LogP) is 1.59. The topological polar surface area (TPSA) is 66.4 Å². The lowest BCUT2D eigenvalue weighted by atomic mass is 10.1. The van der Waals surface area contributed by atoms with Crippen molar-refractivity contribution in [2.75, 3.05) is 20.6 Å². The summed E-state index contributed by atoms with van der Waals surface area (Å²) >= 11 is 0. The van der Waals surface area contributed by atoms with Crippen LogP contribution in [0.4, 0.5) is 0 Å². The Labute approximate surface area is 143 Å². The van der Waals surface area contributed by atoms with Gasteiger partial charge in [0.15, 0.2) is 0 Å². The SMILES string of the molecule is Cc1ncc2c(n1)CCN(Cc1cccc(S(=O)(=O)N(C)C)c1)C2. The molecule has 0 bridgehead atoms. The third kappa shape index (κ3) is 3.48. The first-order valence-corrected chi connectivity index (χ1v) is 9.35. The van der Waals surface area contributed by atoms with Crippen LogP contribution in [0.2, 0.25) is 0 Å². The Morgan fingerprint density at radius 3 is 2.83 bits per heavy atom. The van der Waals surface area contributed by atoms with Crippen molar-refractivity contribution < 1.29 is 8.42 Å². The lowest BCUT2D eigenvalue weighted by Gasteiger charge is -2.28. The Morgan fingerprint density at radius 1 is 1.29 bits per heavy atom. The van der Waals surface area contributed by atoms with Crippen molar-refractivity contribution in [3.63, 3.8) is 0 Å². The molecular weight excluding hydrogens is 324 g/mol. The van der Waals surface area contributed by atoms with Gasteiger partial charge in [0.05, 0.1) is 4.90 Å². The van der Waals surface area contributed by atoms with Crippen LogP contribution in [0.1, 0.15) is 22.6 Å². The van der Waals surface area contributed by atoms with E-state index >= 15 is 0 Å². The molecule has 0 aliphatic carbocycles. The third-order valence-electron chi connectivity index (χ3n) is 4.22. The second kappa shape index (κ2) is 6.58. The molecule has 0 unspecified atom stereocenters. The van der Waals surface area contributed by atoms with Gasteiger partial charge in [-0.25, -0.2) is 22.7 Å². The molecule has 0 radical (unpaired) electrons. The molecular formula is C17H22N4O2S. The van der Waals surface area contributed by atoms with Gasteiger partial charge in [-0.05, 0) is 24.6 Å². The highest BCUT2D eigenvalue weighted by atomic mass is 32.2. The standard InChI is InChI=1S/C17H22N4O2S/c1-13-18-10-15-12-21(8-7-17(15)19-13)11-14-5-4-6-16(9-14)24(22,23)20(2)3/h4-6,9-10H,7-8,11-12H2,1-3H3. The number of hydrogen-bond acceptors (Lipinski definition) is 5. The van der Waals surface area contributed by atoms with Gasteiger partial charge < -0.3 is 0 Å². The summed E-state index contributed by atoms with van der Waals surface area (Å²) in [5.41, 5.74) is 3.28. The largest absolute Gasteiger partial charge is 0.294 e. The van der Waals surface area contributed by atoms with E-state index in [2.05, 4.69) is 14.9 Å². The molecule has 7 heteroatoms. The maximum absolute atomic E-state index is 12.3. The normalized spacial score (nSPS) is 15.5. The molecule has 0 fully saturated rings. The Kier molecular flexibility index (Phi) is 4.67. The summed E-state index contributed by atoms with van der Waals surface area (Å²) in [6, 6.07) is 7.17. The molecule has 1 aliphatic heterocycles. The summed E-state index contributed by atoms with van der Waals surface area (Å²) in [5, 5.41) is 0. The number of aromatic nitrogens is 2. The average molecular weight is 346 g/mol. The Bertz CT molecular complexity index is 849. The summed E-state index contributed by atoms with van der Waals surface area (Å²) < 4.78 is 25.8. The molecule has 0 saturated heterocycles. The number of rotatable bonds is 4. The minimum Gasteiger partial charge on any atom is -0.294 e. The number of benzene rings is 1. The molecule has 1 aromatic heterocycles. The van der Waals surface area contributed by atoms with Crippen molar-refractivity contribution in [2.45, 2.75) is 31.3 Å². The van der Waals surface area contributed by atoms with Gasteiger partial charge in [0, 0.05) is 57.6 Å². The molecule has 6 nitrogen and oxygen atoms in total.